The van der Waals surface area contributed by atoms with Crippen molar-refractivity contribution in [3.05, 3.63) is 29.8 Å². The second-order valence-electron chi connectivity index (χ2n) is 5.58. The standard InChI is InChI=1S/C17H23N3O5/c1-2-25-17(24)13-5-3-4-6-14(13)18-15(22)16(23)20-9-7-19(8-10-20)11-12-21/h3-6,21H,2,7-12H2,1H3,(H,18,22). The Morgan fingerprint density at radius 2 is 1.84 bits per heavy atom. The number of hydrogen-bond donors (Lipinski definition) is 2. The van der Waals surface area contributed by atoms with Crippen molar-refractivity contribution in [1.82, 2.24) is 9.80 Å². The number of nitrogens with zero attached hydrogens (tertiary/aromatic N) is 2. The minimum atomic E-state index is -0.785. The summed E-state index contributed by atoms with van der Waals surface area (Å²) in [5, 5.41) is 11.4. The zero-order valence-electron chi connectivity index (χ0n) is 14.2. The molecule has 8 heteroatoms. The molecule has 2 N–H and O–H groups in total. The molecule has 2 rings (SSSR count). The van der Waals surface area contributed by atoms with Crippen LogP contribution in [0.15, 0.2) is 24.3 Å². The van der Waals surface area contributed by atoms with E-state index < -0.39 is 17.8 Å². The highest BCUT2D eigenvalue weighted by molar-refractivity contribution is 6.39. The van der Waals surface area contributed by atoms with Crippen molar-refractivity contribution in [2.45, 2.75) is 6.92 Å². The number of hydrogen-bond acceptors (Lipinski definition) is 6. The smallest absolute Gasteiger partial charge is 0.340 e. The third-order valence-electron chi connectivity index (χ3n) is 3.94. The Bertz CT molecular complexity index is 626. The average Bonchev–Trinajstić information content (AvgIpc) is 2.62. The van der Waals surface area contributed by atoms with Gasteiger partial charge in [-0.05, 0) is 19.1 Å². The van der Waals surface area contributed by atoms with Gasteiger partial charge in [0.2, 0.25) is 0 Å². The van der Waals surface area contributed by atoms with Gasteiger partial charge in [0, 0.05) is 32.7 Å². The Kier molecular flexibility index (Phi) is 6.91. The molecule has 1 heterocycles. The van der Waals surface area contributed by atoms with Crippen LogP contribution in [0.4, 0.5) is 5.69 Å². The average molecular weight is 349 g/mol. The molecule has 1 aromatic carbocycles. The molecule has 0 radical (unpaired) electrons. The summed E-state index contributed by atoms with van der Waals surface area (Å²) >= 11 is 0. The molecule has 0 aliphatic carbocycles. The van der Waals surface area contributed by atoms with E-state index in [0.29, 0.717) is 32.7 Å². The SMILES string of the molecule is CCOC(=O)c1ccccc1NC(=O)C(=O)N1CCN(CCO)CC1. The van der Waals surface area contributed by atoms with E-state index in [1.165, 1.54) is 11.0 Å². The molecule has 0 spiro atoms. The quantitative estimate of drug-likeness (QED) is 0.571. The van der Waals surface area contributed by atoms with Gasteiger partial charge in [0.1, 0.15) is 0 Å². The van der Waals surface area contributed by atoms with Gasteiger partial charge in [-0.1, -0.05) is 12.1 Å². The molecule has 0 atom stereocenters. The first-order chi connectivity index (χ1) is 12.1. The first-order valence-electron chi connectivity index (χ1n) is 8.26. The summed E-state index contributed by atoms with van der Waals surface area (Å²) < 4.78 is 4.95. The molecule has 0 saturated carbocycles. The molecule has 136 valence electrons. The number of esters is 1. The zero-order valence-corrected chi connectivity index (χ0v) is 14.2. The van der Waals surface area contributed by atoms with Crippen LogP contribution < -0.4 is 5.32 Å². The summed E-state index contributed by atoms with van der Waals surface area (Å²) in [7, 11) is 0. The number of ether oxygens (including phenoxy) is 1. The highest BCUT2D eigenvalue weighted by Gasteiger charge is 2.26. The van der Waals surface area contributed by atoms with Gasteiger partial charge in [-0.25, -0.2) is 4.79 Å². The maximum atomic E-state index is 12.3. The number of benzene rings is 1. The van der Waals surface area contributed by atoms with Crippen molar-refractivity contribution in [2.24, 2.45) is 0 Å². The van der Waals surface area contributed by atoms with E-state index in [1.807, 2.05) is 4.90 Å². The van der Waals surface area contributed by atoms with E-state index in [-0.39, 0.29) is 24.5 Å². The Hall–Kier alpha value is -2.45. The number of carbonyl (C=O) groups is 3. The number of β-amino-alcohol motifs (C(OH)–C–C–N with tert-alkyl or cyclic N) is 1. The number of amides is 2. The van der Waals surface area contributed by atoms with E-state index in [2.05, 4.69) is 5.32 Å². The molecule has 1 aromatic rings. The van der Waals surface area contributed by atoms with Crippen molar-refractivity contribution in [3.63, 3.8) is 0 Å². The lowest BCUT2D eigenvalue weighted by Crippen LogP contribution is -2.52. The van der Waals surface area contributed by atoms with Crippen LogP contribution in [-0.4, -0.2) is 78.6 Å². The van der Waals surface area contributed by atoms with Gasteiger partial charge in [-0.2, -0.15) is 0 Å². The predicted molar refractivity (Wildman–Crippen MR) is 91.1 cm³/mol. The summed E-state index contributed by atoms with van der Waals surface area (Å²) in [5.41, 5.74) is 0.455. The monoisotopic (exact) mass is 349 g/mol. The lowest BCUT2D eigenvalue weighted by molar-refractivity contribution is -0.144. The minimum Gasteiger partial charge on any atom is -0.462 e. The van der Waals surface area contributed by atoms with Crippen LogP contribution >= 0.6 is 0 Å². The number of carbonyl (C=O) groups excluding carboxylic acids is 3. The Labute approximate surface area is 146 Å². The summed E-state index contributed by atoms with van der Waals surface area (Å²) in [6.45, 7) is 4.60. The van der Waals surface area contributed by atoms with Gasteiger partial charge in [0.15, 0.2) is 0 Å². The molecule has 0 unspecified atom stereocenters. The highest BCUT2D eigenvalue weighted by atomic mass is 16.5. The third kappa shape index (κ3) is 5.01. The molecule has 0 bridgehead atoms. The Morgan fingerprint density at radius 1 is 1.16 bits per heavy atom. The summed E-state index contributed by atoms with van der Waals surface area (Å²) in [6, 6.07) is 6.41. The second kappa shape index (κ2) is 9.14. The van der Waals surface area contributed by atoms with E-state index >= 15 is 0 Å². The molecule has 25 heavy (non-hydrogen) atoms. The lowest BCUT2D eigenvalue weighted by Gasteiger charge is -2.33. The van der Waals surface area contributed by atoms with Crippen LogP contribution in [0.1, 0.15) is 17.3 Å². The molecular formula is C17H23N3O5. The molecule has 2 amide bonds. The van der Waals surface area contributed by atoms with Gasteiger partial charge in [-0.15, -0.1) is 0 Å². The predicted octanol–water partition coefficient (Wildman–Crippen LogP) is -0.0617. The number of para-hydroxylation sites is 1. The van der Waals surface area contributed by atoms with E-state index in [1.54, 1.807) is 25.1 Å². The van der Waals surface area contributed by atoms with Crippen LogP contribution in [0.5, 0.6) is 0 Å². The van der Waals surface area contributed by atoms with E-state index in [0.717, 1.165) is 0 Å². The van der Waals surface area contributed by atoms with Crippen LogP contribution in [-0.2, 0) is 14.3 Å². The van der Waals surface area contributed by atoms with Gasteiger partial charge in [0.05, 0.1) is 24.5 Å². The van der Waals surface area contributed by atoms with Crippen molar-refractivity contribution in [3.8, 4) is 0 Å². The molecule has 1 aliphatic rings. The normalized spacial score (nSPS) is 14.9. The van der Waals surface area contributed by atoms with Gasteiger partial charge in [-0.3, -0.25) is 14.5 Å². The molecular weight excluding hydrogens is 326 g/mol. The van der Waals surface area contributed by atoms with Gasteiger partial charge < -0.3 is 20.1 Å². The minimum absolute atomic E-state index is 0.0685. The Morgan fingerprint density at radius 3 is 2.48 bits per heavy atom. The summed E-state index contributed by atoms with van der Waals surface area (Å²) in [4.78, 5) is 40.0. The summed E-state index contributed by atoms with van der Waals surface area (Å²) in [5.74, 6) is -1.97. The largest absolute Gasteiger partial charge is 0.462 e. The van der Waals surface area contributed by atoms with E-state index in [4.69, 9.17) is 9.84 Å². The first kappa shape index (κ1) is 18.9. The topological polar surface area (TPSA) is 99.2 Å². The fourth-order valence-electron chi connectivity index (χ4n) is 2.61. The van der Waals surface area contributed by atoms with Crippen LogP contribution in [0.2, 0.25) is 0 Å². The van der Waals surface area contributed by atoms with Gasteiger partial charge >= 0.3 is 17.8 Å². The van der Waals surface area contributed by atoms with Crippen molar-refractivity contribution >= 4 is 23.5 Å². The highest BCUT2D eigenvalue weighted by Crippen LogP contribution is 2.16. The third-order valence-corrected chi connectivity index (χ3v) is 3.94. The number of aliphatic hydroxyl groups excluding tert-OH is 1. The molecule has 8 nitrogen and oxygen atoms in total. The van der Waals surface area contributed by atoms with Crippen LogP contribution in [0.25, 0.3) is 0 Å². The van der Waals surface area contributed by atoms with Crippen molar-refractivity contribution < 1.29 is 24.2 Å². The number of aliphatic hydroxyl groups is 1. The van der Waals surface area contributed by atoms with Gasteiger partial charge in [0.25, 0.3) is 0 Å². The summed E-state index contributed by atoms with van der Waals surface area (Å²) in [6.07, 6.45) is 0. The van der Waals surface area contributed by atoms with Crippen LogP contribution in [0.3, 0.4) is 0 Å². The van der Waals surface area contributed by atoms with Crippen molar-refractivity contribution in [1.29, 1.82) is 0 Å². The maximum absolute atomic E-state index is 12.3. The van der Waals surface area contributed by atoms with Crippen LogP contribution in [0, 0.1) is 0 Å². The second-order valence-corrected chi connectivity index (χ2v) is 5.58. The number of piperazine rings is 1. The molecule has 1 saturated heterocycles. The van der Waals surface area contributed by atoms with E-state index in [9.17, 15) is 14.4 Å². The number of nitrogens with one attached hydrogen (secondary N) is 1. The van der Waals surface area contributed by atoms with Crippen molar-refractivity contribution in [2.75, 3.05) is 51.3 Å². The molecule has 1 aliphatic heterocycles. The molecule has 1 fully saturated rings. The zero-order chi connectivity index (χ0) is 18.2. The maximum Gasteiger partial charge on any atom is 0.340 e. The molecule has 0 aromatic heterocycles. The Balaban J connectivity index is 1.98. The fraction of sp³-hybridized carbons (Fsp3) is 0.471. The fourth-order valence-corrected chi connectivity index (χ4v) is 2.61. The number of anilines is 1. The first-order valence-corrected chi connectivity index (χ1v) is 8.26. The number of rotatable bonds is 5. The lowest BCUT2D eigenvalue weighted by atomic mass is 10.1.